The zero-order valence-electron chi connectivity index (χ0n) is 4.45. The summed E-state index contributed by atoms with van der Waals surface area (Å²) in [5.74, 6) is 0. The zero-order chi connectivity index (χ0) is 6.24. The first-order valence-corrected chi connectivity index (χ1v) is 1.93. The van der Waals surface area contributed by atoms with E-state index in [0.29, 0.717) is 7.18 Å². The van der Waals surface area contributed by atoms with Gasteiger partial charge in [0.2, 0.25) is 0 Å². The van der Waals surface area contributed by atoms with E-state index in [1.165, 1.54) is 19.0 Å². The van der Waals surface area contributed by atoms with Crippen molar-refractivity contribution in [3.8, 4) is 0 Å². The van der Waals surface area contributed by atoms with Crippen molar-refractivity contribution < 1.29 is 4.39 Å². The third-order valence-electron chi connectivity index (χ3n) is 0.400. The highest BCUT2D eigenvalue weighted by Crippen LogP contribution is 1.57. The van der Waals surface area contributed by atoms with Crippen LogP contribution in [0.5, 0.6) is 0 Å². The molecule has 1 aromatic rings. The minimum atomic E-state index is 0.500. The lowest BCUT2D eigenvalue weighted by Crippen LogP contribution is -1.73. The van der Waals surface area contributed by atoms with Crippen LogP contribution in [0.25, 0.3) is 0 Å². The first kappa shape index (κ1) is 6.94. The average molecular weight is 115 g/mol. The Morgan fingerprint density at radius 1 is 0.875 bits per heavy atom. The van der Waals surface area contributed by atoms with Crippen LogP contribution < -0.4 is 0 Å². The van der Waals surface area contributed by atoms with Crippen molar-refractivity contribution >= 4 is 0 Å². The summed E-state index contributed by atoms with van der Waals surface area (Å²) >= 11 is 0. The monoisotopic (exact) mass is 115 g/mol. The molecule has 0 aliphatic heterocycles. The van der Waals surface area contributed by atoms with Gasteiger partial charge in [0.1, 0.15) is 19.0 Å². The van der Waals surface area contributed by atoms with Crippen molar-refractivity contribution in [1.29, 1.82) is 0 Å². The second-order valence-electron chi connectivity index (χ2n) is 0.794. The van der Waals surface area contributed by atoms with E-state index in [1.807, 2.05) is 0 Å². The maximum atomic E-state index is 9.50. The molecule has 44 valence electrons. The molecule has 0 amide bonds. The van der Waals surface area contributed by atoms with Gasteiger partial charge in [0, 0.05) is 0 Å². The third kappa shape index (κ3) is 3.14. The lowest BCUT2D eigenvalue weighted by atomic mass is 11.1. The fraction of sp³-hybridized carbons (Fsp3) is 0.250. The van der Waals surface area contributed by atoms with Crippen LogP contribution in [0, 0.1) is 0 Å². The standard InChI is InChI=1S/C3H3N3.CH3F/c1-4-2-6-3-5-1;1-2/h1-3H;1H3. The predicted octanol–water partition coefficient (Wildman–Crippen LogP) is 0.457. The van der Waals surface area contributed by atoms with Gasteiger partial charge in [-0.3, -0.25) is 4.39 Å². The van der Waals surface area contributed by atoms with Crippen LogP contribution in [-0.2, 0) is 0 Å². The fourth-order valence-corrected chi connectivity index (χ4v) is 0.205. The molecule has 0 spiro atoms. The van der Waals surface area contributed by atoms with E-state index in [0.717, 1.165) is 0 Å². The van der Waals surface area contributed by atoms with Gasteiger partial charge in [-0.1, -0.05) is 0 Å². The van der Waals surface area contributed by atoms with Gasteiger partial charge >= 0.3 is 0 Å². The molecular weight excluding hydrogens is 109 g/mol. The quantitative estimate of drug-likeness (QED) is 0.493. The fourth-order valence-electron chi connectivity index (χ4n) is 0.205. The Labute approximate surface area is 46.6 Å². The lowest BCUT2D eigenvalue weighted by molar-refractivity contribution is 0.636. The van der Waals surface area contributed by atoms with Gasteiger partial charge in [-0.25, -0.2) is 15.0 Å². The minimum Gasteiger partial charge on any atom is -0.255 e. The first-order valence-electron chi connectivity index (χ1n) is 1.93. The Morgan fingerprint density at radius 2 is 1.12 bits per heavy atom. The Balaban J connectivity index is 0.000000222. The number of halogens is 1. The highest BCUT2D eigenvalue weighted by Gasteiger charge is 1.59. The van der Waals surface area contributed by atoms with Gasteiger partial charge < -0.3 is 0 Å². The molecule has 0 aromatic carbocycles. The molecule has 1 rings (SSSR count). The molecular formula is C4H6FN3. The first-order chi connectivity index (χ1) is 4.00. The zero-order valence-corrected chi connectivity index (χ0v) is 4.45. The maximum Gasteiger partial charge on any atom is 0.119 e. The van der Waals surface area contributed by atoms with E-state index in [9.17, 15) is 4.39 Å². The minimum absolute atomic E-state index is 0.500. The summed E-state index contributed by atoms with van der Waals surface area (Å²) in [5.41, 5.74) is 0. The lowest BCUT2D eigenvalue weighted by Gasteiger charge is -1.69. The van der Waals surface area contributed by atoms with Crippen LogP contribution in [0.15, 0.2) is 19.0 Å². The van der Waals surface area contributed by atoms with Gasteiger partial charge in [-0.05, 0) is 0 Å². The van der Waals surface area contributed by atoms with E-state index in [2.05, 4.69) is 15.0 Å². The Kier molecular flexibility index (Phi) is 5.15. The average Bonchev–Trinajstić information content (AvgIpc) is 1.96. The van der Waals surface area contributed by atoms with E-state index in [-0.39, 0.29) is 0 Å². The van der Waals surface area contributed by atoms with E-state index in [1.54, 1.807) is 0 Å². The summed E-state index contributed by atoms with van der Waals surface area (Å²) in [4.78, 5) is 10.7. The second-order valence-corrected chi connectivity index (χ2v) is 0.794. The van der Waals surface area contributed by atoms with E-state index in [4.69, 9.17) is 0 Å². The van der Waals surface area contributed by atoms with E-state index < -0.39 is 0 Å². The van der Waals surface area contributed by atoms with Crippen LogP contribution in [0.4, 0.5) is 4.39 Å². The number of hydrogen-bond acceptors (Lipinski definition) is 3. The van der Waals surface area contributed by atoms with Crippen molar-refractivity contribution in [1.82, 2.24) is 15.0 Å². The molecule has 1 aromatic heterocycles. The molecule has 8 heavy (non-hydrogen) atoms. The number of hydrogen-bond donors (Lipinski definition) is 0. The summed E-state index contributed by atoms with van der Waals surface area (Å²) in [6.45, 7) is 0. The van der Waals surface area contributed by atoms with Crippen LogP contribution in [0.2, 0.25) is 0 Å². The number of aromatic nitrogens is 3. The molecule has 0 aliphatic carbocycles. The van der Waals surface area contributed by atoms with Gasteiger partial charge in [0.25, 0.3) is 0 Å². The summed E-state index contributed by atoms with van der Waals surface area (Å²) in [5, 5.41) is 0. The molecule has 0 unspecified atom stereocenters. The Hall–Kier alpha value is -1.06. The van der Waals surface area contributed by atoms with Gasteiger partial charge in [-0.15, -0.1) is 0 Å². The molecule has 0 saturated heterocycles. The Morgan fingerprint density at radius 3 is 1.25 bits per heavy atom. The second kappa shape index (κ2) is 5.94. The molecule has 0 aliphatic rings. The molecule has 1 heterocycles. The smallest absolute Gasteiger partial charge is 0.119 e. The topological polar surface area (TPSA) is 38.7 Å². The molecule has 0 fully saturated rings. The van der Waals surface area contributed by atoms with Crippen molar-refractivity contribution in [2.45, 2.75) is 0 Å². The molecule has 4 heteroatoms. The third-order valence-corrected chi connectivity index (χ3v) is 0.400. The molecule has 0 radical (unpaired) electrons. The highest BCUT2D eigenvalue weighted by molar-refractivity contribution is 4.51. The van der Waals surface area contributed by atoms with Crippen LogP contribution >= 0.6 is 0 Å². The van der Waals surface area contributed by atoms with Crippen molar-refractivity contribution in [2.75, 3.05) is 7.18 Å². The molecule has 0 bridgehead atoms. The normalized spacial score (nSPS) is 6.75. The van der Waals surface area contributed by atoms with Crippen LogP contribution in [0.1, 0.15) is 0 Å². The summed E-state index contributed by atoms with van der Waals surface area (Å²) in [6.07, 6.45) is 4.31. The number of alkyl halides is 1. The number of nitrogens with zero attached hydrogens (tertiary/aromatic N) is 3. The molecule has 0 N–H and O–H groups in total. The van der Waals surface area contributed by atoms with Crippen molar-refractivity contribution in [3.05, 3.63) is 19.0 Å². The van der Waals surface area contributed by atoms with Crippen molar-refractivity contribution in [3.63, 3.8) is 0 Å². The molecule has 3 nitrogen and oxygen atoms in total. The SMILES string of the molecule is CF.c1ncncn1. The van der Waals surface area contributed by atoms with Crippen molar-refractivity contribution in [2.24, 2.45) is 0 Å². The highest BCUT2D eigenvalue weighted by atomic mass is 19.1. The molecule has 0 atom stereocenters. The van der Waals surface area contributed by atoms with Gasteiger partial charge in [0.05, 0.1) is 7.18 Å². The molecule has 0 saturated carbocycles. The summed E-state index contributed by atoms with van der Waals surface area (Å²) in [6, 6.07) is 0. The largest absolute Gasteiger partial charge is 0.255 e. The summed E-state index contributed by atoms with van der Waals surface area (Å²) < 4.78 is 9.50. The summed E-state index contributed by atoms with van der Waals surface area (Å²) in [7, 11) is 0.500. The van der Waals surface area contributed by atoms with Gasteiger partial charge in [-0.2, -0.15) is 0 Å². The van der Waals surface area contributed by atoms with Crippen LogP contribution in [-0.4, -0.2) is 22.1 Å². The van der Waals surface area contributed by atoms with E-state index >= 15 is 0 Å². The van der Waals surface area contributed by atoms with Crippen LogP contribution in [0.3, 0.4) is 0 Å². The van der Waals surface area contributed by atoms with Gasteiger partial charge in [0.15, 0.2) is 0 Å². The number of rotatable bonds is 0. The predicted molar refractivity (Wildman–Crippen MR) is 26.9 cm³/mol. The maximum absolute atomic E-state index is 9.50. The Bertz CT molecular complexity index is 83.2.